The van der Waals surface area contributed by atoms with E-state index in [0.29, 0.717) is 11.6 Å². The third kappa shape index (κ3) is 3.09. The molecule has 0 unspecified atom stereocenters. The minimum Gasteiger partial charge on any atom is -0.303 e. The molecule has 0 bridgehead atoms. The Bertz CT molecular complexity index is 945. The predicted octanol–water partition coefficient (Wildman–Crippen LogP) is 5.49. The minimum absolute atomic E-state index is 0.0349. The van der Waals surface area contributed by atoms with E-state index in [9.17, 15) is 4.79 Å². The van der Waals surface area contributed by atoms with Crippen LogP contribution in [-0.2, 0) is 6.54 Å². The number of hydrogen-bond acceptors (Lipinski definition) is 1. The average molecular weight is 346 g/mol. The van der Waals surface area contributed by atoms with Crippen molar-refractivity contribution in [2.75, 3.05) is 0 Å². The van der Waals surface area contributed by atoms with Crippen molar-refractivity contribution in [3.8, 4) is 0 Å². The lowest BCUT2D eigenvalue weighted by Gasteiger charge is -2.19. The number of halogens is 1. The van der Waals surface area contributed by atoms with Gasteiger partial charge < -0.3 is 4.90 Å². The van der Waals surface area contributed by atoms with Crippen molar-refractivity contribution in [3.63, 3.8) is 0 Å². The molecule has 0 saturated carbocycles. The Morgan fingerprint density at radius 2 is 1.44 bits per heavy atom. The van der Waals surface area contributed by atoms with Crippen molar-refractivity contribution in [1.82, 2.24) is 4.90 Å². The monoisotopic (exact) mass is 345 g/mol. The van der Waals surface area contributed by atoms with Crippen LogP contribution in [0.5, 0.6) is 0 Å². The molecule has 3 aromatic rings. The van der Waals surface area contributed by atoms with Gasteiger partial charge in [-0.2, -0.15) is 0 Å². The average Bonchev–Trinajstić information content (AvgIpc) is 2.91. The number of benzene rings is 3. The van der Waals surface area contributed by atoms with E-state index in [1.807, 2.05) is 83.8 Å². The van der Waals surface area contributed by atoms with E-state index in [4.69, 9.17) is 11.6 Å². The lowest BCUT2D eigenvalue weighted by molar-refractivity contribution is 0.0843. The molecule has 0 aromatic heterocycles. The molecule has 3 aromatic carbocycles. The molecule has 1 aliphatic heterocycles. The van der Waals surface area contributed by atoms with Crippen molar-refractivity contribution in [1.29, 1.82) is 0 Å². The van der Waals surface area contributed by atoms with Crippen LogP contribution in [0.1, 0.15) is 27.0 Å². The highest BCUT2D eigenvalue weighted by atomic mass is 35.5. The fourth-order valence-electron chi connectivity index (χ4n) is 3.09. The summed E-state index contributed by atoms with van der Waals surface area (Å²) < 4.78 is 0. The molecule has 1 amide bonds. The first-order chi connectivity index (χ1) is 12.2. The first kappa shape index (κ1) is 15.7. The summed E-state index contributed by atoms with van der Waals surface area (Å²) >= 11 is 5.97. The zero-order valence-electron chi connectivity index (χ0n) is 13.5. The second kappa shape index (κ2) is 6.58. The summed E-state index contributed by atoms with van der Waals surface area (Å²) in [6.07, 6.45) is 2.07. The van der Waals surface area contributed by atoms with Crippen molar-refractivity contribution < 1.29 is 4.79 Å². The van der Waals surface area contributed by atoms with Gasteiger partial charge in [0.2, 0.25) is 0 Å². The van der Waals surface area contributed by atoms with Gasteiger partial charge in [0.05, 0.1) is 12.2 Å². The summed E-state index contributed by atoms with van der Waals surface area (Å²) in [6, 6.07) is 25.5. The molecule has 4 rings (SSSR count). The highest BCUT2D eigenvalue weighted by Gasteiger charge is 2.31. The number of hydrogen-bond donors (Lipinski definition) is 0. The van der Waals surface area contributed by atoms with Crippen LogP contribution < -0.4 is 0 Å². The molecule has 0 N–H and O–H groups in total. The quantitative estimate of drug-likeness (QED) is 0.614. The Balaban J connectivity index is 1.77. The van der Waals surface area contributed by atoms with Gasteiger partial charge in [-0.15, -0.1) is 0 Å². The smallest absolute Gasteiger partial charge is 0.259 e. The highest BCUT2D eigenvalue weighted by molar-refractivity contribution is 6.30. The first-order valence-electron chi connectivity index (χ1n) is 8.15. The second-order valence-corrected chi connectivity index (χ2v) is 6.44. The number of carbonyl (C=O) groups is 1. The standard InChI is InChI=1S/C22H16ClNO/c23-18-12-10-17(11-13-18)15-24-21(14-16-6-2-1-3-7-16)19-8-4-5-9-20(19)22(24)25/h1-14H,15H2. The summed E-state index contributed by atoms with van der Waals surface area (Å²) in [5.41, 5.74) is 4.78. The Morgan fingerprint density at radius 3 is 2.16 bits per heavy atom. The van der Waals surface area contributed by atoms with E-state index >= 15 is 0 Å². The van der Waals surface area contributed by atoms with Crippen LogP contribution >= 0.6 is 11.6 Å². The third-order valence-corrected chi connectivity index (χ3v) is 4.58. The number of amides is 1. The van der Waals surface area contributed by atoms with Gasteiger partial charge in [-0.3, -0.25) is 4.79 Å². The molecule has 1 heterocycles. The van der Waals surface area contributed by atoms with E-state index in [-0.39, 0.29) is 5.91 Å². The Morgan fingerprint density at radius 1 is 0.800 bits per heavy atom. The van der Waals surface area contributed by atoms with Crippen LogP contribution in [0, 0.1) is 0 Å². The lowest BCUT2D eigenvalue weighted by Crippen LogP contribution is -2.22. The summed E-state index contributed by atoms with van der Waals surface area (Å²) in [7, 11) is 0. The van der Waals surface area contributed by atoms with E-state index < -0.39 is 0 Å². The Hall–Kier alpha value is -2.84. The molecular weight excluding hydrogens is 330 g/mol. The zero-order valence-corrected chi connectivity index (χ0v) is 14.3. The molecule has 0 radical (unpaired) electrons. The van der Waals surface area contributed by atoms with Gasteiger partial charge in [0.1, 0.15) is 0 Å². The maximum Gasteiger partial charge on any atom is 0.259 e. The maximum absolute atomic E-state index is 12.9. The van der Waals surface area contributed by atoms with E-state index in [1.165, 1.54) is 0 Å². The van der Waals surface area contributed by atoms with Gasteiger partial charge in [-0.25, -0.2) is 0 Å². The highest BCUT2D eigenvalue weighted by Crippen LogP contribution is 2.35. The minimum atomic E-state index is 0.0349. The van der Waals surface area contributed by atoms with Crippen LogP contribution in [0.25, 0.3) is 11.8 Å². The Kier molecular flexibility index (Phi) is 4.12. The lowest BCUT2D eigenvalue weighted by atomic mass is 10.1. The van der Waals surface area contributed by atoms with Crippen molar-refractivity contribution >= 4 is 29.3 Å². The molecule has 25 heavy (non-hydrogen) atoms. The van der Waals surface area contributed by atoms with E-state index in [1.54, 1.807) is 0 Å². The van der Waals surface area contributed by atoms with E-state index in [2.05, 4.69) is 6.08 Å². The molecule has 1 aliphatic rings. The second-order valence-electron chi connectivity index (χ2n) is 6.00. The third-order valence-electron chi connectivity index (χ3n) is 4.33. The topological polar surface area (TPSA) is 20.3 Å². The number of fused-ring (bicyclic) bond motifs is 1. The van der Waals surface area contributed by atoms with Gasteiger partial charge in [-0.05, 0) is 35.4 Å². The summed E-state index contributed by atoms with van der Waals surface area (Å²) in [5.74, 6) is 0.0349. The van der Waals surface area contributed by atoms with Gasteiger partial charge >= 0.3 is 0 Å². The van der Waals surface area contributed by atoms with Crippen LogP contribution in [0.3, 0.4) is 0 Å². The fraction of sp³-hybridized carbons (Fsp3) is 0.0455. The van der Waals surface area contributed by atoms with Gasteiger partial charge in [0, 0.05) is 16.1 Å². The van der Waals surface area contributed by atoms with Crippen LogP contribution in [0.4, 0.5) is 0 Å². The predicted molar refractivity (Wildman–Crippen MR) is 102 cm³/mol. The maximum atomic E-state index is 12.9. The normalized spacial score (nSPS) is 14.8. The summed E-state index contributed by atoms with van der Waals surface area (Å²) in [6.45, 7) is 0.517. The molecule has 0 atom stereocenters. The number of rotatable bonds is 3. The largest absolute Gasteiger partial charge is 0.303 e. The van der Waals surface area contributed by atoms with Gasteiger partial charge in [0.15, 0.2) is 0 Å². The van der Waals surface area contributed by atoms with Crippen molar-refractivity contribution in [3.05, 3.63) is 106 Å². The van der Waals surface area contributed by atoms with Gasteiger partial charge in [0.25, 0.3) is 5.91 Å². The SMILES string of the molecule is O=C1c2ccccc2C(=Cc2ccccc2)N1Cc1ccc(Cl)cc1. The van der Waals surface area contributed by atoms with Crippen LogP contribution in [0.15, 0.2) is 78.9 Å². The van der Waals surface area contributed by atoms with Crippen molar-refractivity contribution in [2.24, 2.45) is 0 Å². The molecule has 0 saturated heterocycles. The van der Waals surface area contributed by atoms with Gasteiger partial charge in [-0.1, -0.05) is 72.3 Å². The number of nitrogens with zero attached hydrogens (tertiary/aromatic N) is 1. The molecule has 122 valence electrons. The van der Waals surface area contributed by atoms with E-state index in [0.717, 1.165) is 28.0 Å². The molecular formula is C22H16ClNO. The molecule has 0 spiro atoms. The summed E-state index contributed by atoms with van der Waals surface area (Å²) in [4.78, 5) is 14.8. The van der Waals surface area contributed by atoms with Crippen LogP contribution in [-0.4, -0.2) is 10.8 Å². The molecule has 0 aliphatic carbocycles. The van der Waals surface area contributed by atoms with Crippen LogP contribution in [0.2, 0.25) is 5.02 Å². The summed E-state index contributed by atoms with van der Waals surface area (Å²) in [5, 5.41) is 0.694. The van der Waals surface area contributed by atoms with Crippen molar-refractivity contribution in [2.45, 2.75) is 6.54 Å². The Labute approximate surface area is 152 Å². The zero-order chi connectivity index (χ0) is 17.2. The molecule has 3 heteroatoms. The molecule has 0 fully saturated rings. The fourth-order valence-corrected chi connectivity index (χ4v) is 3.21. The number of carbonyl (C=O) groups excluding carboxylic acids is 1. The molecule has 2 nitrogen and oxygen atoms in total. The first-order valence-corrected chi connectivity index (χ1v) is 8.52.